The Kier molecular flexibility index (Phi) is 7.12. The smallest absolute Gasteiger partial charge is 0.309 e. The summed E-state index contributed by atoms with van der Waals surface area (Å²) >= 11 is 5.51. The largest absolute Gasteiger partial charge is 0.466 e. The van der Waals surface area contributed by atoms with Gasteiger partial charge in [-0.15, -0.1) is 0 Å². The maximum atomic E-state index is 11.8. The van der Waals surface area contributed by atoms with Crippen molar-refractivity contribution in [3.8, 4) is 0 Å². The predicted octanol–water partition coefficient (Wildman–Crippen LogP) is 1.08. The van der Waals surface area contributed by atoms with Crippen molar-refractivity contribution in [3.63, 3.8) is 0 Å². The highest BCUT2D eigenvalue weighted by Crippen LogP contribution is 2.19. The maximum Gasteiger partial charge on any atom is 0.309 e. The Hall–Kier alpha value is -1.74. The molecule has 2 N–H and O–H groups in total. The summed E-state index contributed by atoms with van der Waals surface area (Å²) < 4.78 is 9.47. The van der Waals surface area contributed by atoms with Crippen molar-refractivity contribution >= 4 is 24.1 Å². The number of carbonyl (C=O) groups is 2. The molecule has 1 aromatic heterocycles. The van der Waals surface area contributed by atoms with Crippen LogP contribution in [-0.4, -0.2) is 50.8 Å². The monoisotopic (exact) mass is 369 g/mol. The standard InChI is InChI=1S/C16H27N5O3S/c1-3-20-14(6-5-13(17)22)18-21(16(20)25)11-19-9-7-12(8-10-19)15(23)24-4-2/h12H,3-11H2,1-2H3,(H2,17,22). The van der Waals surface area contributed by atoms with Crippen molar-refractivity contribution < 1.29 is 14.3 Å². The van der Waals surface area contributed by atoms with Crippen molar-refractivity contribution in [3.05, 3.63) is 10.6 Å². The van der Waals surface area contributed by atoms with Crippen LogP contribution in [0.15, 0.2) is 0 Å². The Bertz CT molecular complexity index is 661. The van der Waals surface area contributed by atoms with E-state index in [1.807, 2.05) is 18.4 Å². The first-order valence-corrected chi connectivity index (χ1v) is 9.20. The summed E-state index contributed by atoms with van der Waals surface area (Å²) in [7, 11) is 0. The number of primary amides is 1. The van der Waals surface area contributed by atoms with E-state index < -0.39 is 0 Å². The third kappa shape index (κ3) is 5.12. The highest BCUT2D eigenvalue weighted by molar-refractivity contribution is 7.71. The number of aromatic nitrogens is 3. The van der Waals surface area contributed by atoms with Crippen molar-refractivity contribution in [1.82, 2.24) is 19.2 Å². The molecule has 25 heavy (non-hydrogen) atoms. The number of esters is 1. The molecule has 140 valence electrons. The van der Waals surface area contributed by atoms with Gasteiger partial charge in [-0.05, 0) is 38.9 Å². The molecule has 0 radical (unpaired) electrons. The van der Waals surface area contributed by atoms with E-state index in [2.05, 4.69) is 10.00 Å². The van der Waals surface area contributed by atoms with Gasteiger partial charge in [-0.25, -0.2) is 4.68 Å². The van der Waals surface area contributed by atoms with Crippen molar-refractivity contribution in [1.29, 1.82) is 0 Å². The highest BCUT2D eigenvalue weighted by atomic mass is 32.1. The zero-order valence-corrected chi connectivity index (χ0v) is 15.8. The summed E-state index contributed by atoms with van der Waals surface area (Å²) in [6.45, 7) is 7.16. The zero-order chi connectivity index (χ0) is 18.4. The van der Waals surface area contributed by atoms with Gasteiger partial charge in [-0.1, -0.05) is 0 Å². The van der Waals surface area contributed by atoms with E-state index in [-0.39, 0.29) is 24.2 Å². The first kappa shape index (κ1) is 19.6. The van der Waals surface area contributed by atoms with Crippen molar-refractivity contribution in [2.75, 3.05) is 19.7 Å². The molecule has 8 nitrogen and oxygen atoms in total. The molecule has 1 fully saturated rings. The highest BCUT2D eigenvalue weighted by Gasteiger charge is 2.26. The summed E-state index contributed by atoms with van der Waals surface area (Å²) in [6.07, 6.45) is 2.33. The Morgan fingerprint density at radius 2 is 2.00 bits per heavy atom. The molecule has 0 aromatic carbocycles. The quantitative estimate of drug-likeness (QED) is 0.544. The van der Waals surface area contributed by atoms with E-state index >= 15 is 0 Å². The van der Waals surface area contributed by atoms with Crippen LogP contribution in [0.1, 0.15) is 38.9 Å². The second kappa shape index (κ2) is 9.10. The minimum atomic E-state index is -0.343. The van der Waals surface area contributed by atoms with Gasteiger partial charge in [0.1, 0.15) is 5.82 Å². The lowest BCUT2D eigenvalue weighted by atomic mass is 9.97. The third-order valence-corrected chi connectivity index (χ3v) is 4.88. The lowest BCUT2D eigenvalue weighted by Crippen LogP contribution is -2.38. The topological polar surface area (TPSA) is 95.4 Å². The molecule has 0 unspecified atom stereocenters. The van der Waals surface area contributed by atoms with Gasteiger partial charge in [0, 0.05) is 32.5 Å². The van der Waals surface area contributed by atoms with E-state index in [4.69, 9.17) is 22.7 Å². The fourth-order valence-electron chi connectivity index (χ4n) is 3.08. The van der Waals surface area contributed by atoms with E-state index in [0.717, 1.165) is 31.8 Å². The summed E-state index contributed by atoms with van der Waals surface area (Å²) in [6, 6.07) is 0. The van der Waals surface area contributed by atoms with E-state index in [1.54, 1.807) is 4.68 Å². The number of amides is 1. The van der Waals surface area contributed by atoms with Crippen molar-refractivity contribution in [2.45, 2.75) is 52.7 Å². The summed E-state index contributed by atoms with van der Waals surface area (Å²) in [5, 5.41) is 4.56. The molecule has 0 bridgehead atoms. The van der Waals surface area contributed by atoms with Crippen LogP contribution in [0.4, 0.5) is 0 Å². The van der Waals surface area contributed by atoms with Gasteiger partial charge in [-0.3, -0.25) is 14.5 Å². The maximum absolute atomic E-state index is 11.8. The number of ether oxygens (including phenoxy) is 1. The predicted molar refractivity (Wildman–Crippen MR) is 95.2 cm³/mol. The second-order valence-corrected chi connectivity index (χ2v) is 6.56. The molecule has 1 aromatic rings. The average molecular weight is 369 g/mol. The third-order valence-electron chi connectivity index (χ3n) is 4.45. The summed E-state index contributed by atoms with van der Waals surface area (Å²) in [5.74, 6) is 0.336. The summed E-state index contributed by atoms with van der Waals surface area (Å²) in [4.78, 5) is 25.1. The van der Waals surface area contributed by atoms with Crippen LogP contribution in [0, 0.1) is 10.7 Å². The molecule has 2 rings (SSSR count). The van der Waals surface area contributed by atoms with Gasteiger partial charge in [0.15, 0.2) is 4.77 Å². The second-order valence-electron chi connectivity index (χ2n) is 6.19. The van der Waals surface area contributed by atoms with Gasteiger partial charge >= 0.3 is 5.97 Å². The fourth-order valence-corrected chi connectivity index (χ4v) is 3.41. The van der Waals surface area contributed by atoms with E-state index in [9.17, 15) is 9.59 Å². The number of hydrogen-bond donors (Lipinski definition) is 1. The van der Waals surface area contributed by atoms with Crippen LogP contribution < -0.4 is 5.73 Å². The lowest BCUT2D eigenvalue weighted by molar-refractivity contribution is -0.149. The van der Waals surface area contributed by atoms with Gasteiger partial charge in [0.25, 0.3) is 0 Å². The molecule has 0 saturated carbocycles. The van der Waals surface area contributed by atoms with Crippen LogP contribution in [-0.2, 0) is 34.0 Å². The van der Waals surface area contributed by atoms with E-state index in [1.165, 1.54) is 0 Å². The Morgan fingerprint density at radius 1 is 1.32 bits per heavy atom. The molecular weight excluding hydrogens is 342 g/mol. The lowest BCUT2D eigenvalue weighted by Gasteiger charge is -2.30. The molecule has 0 atom stereocenters. The first-order valence-electron chi connectivity index (χ1n) is 8.80. The van der Waals surface area contributed by atoms with Gasteiger partial charge in [-0.2, -0.15) is 5.10 Å². The molecule has 9 heteroatoms. The number of nitrogens with two attached hydrogens (primary N) is 1. The van der Waals surface area contributed by atoms with Gasteiger partial charge < -0.3 is 15.0 Å². The number of likely N-dealkylation sites (tertiary alicyclic amines) is 1. The number of carbonyl (C=O) groups excluding carboxylic acids is 2. The SMILES string of the molecule is CCOC(=O)C1CCN(Cn2nc(CCC(N)=O)n(CC)c2=S)CC1. The molecule has 1 saturated heterocycles. The number of rotatable bonds is 8. The van der Waals surface area contributed by atoms with Crippen molar-refractivity contribution in [2.24, 2.45) is 11.7 Å². The molecule has 2 heterocycles. The normalized spacial score (nSPS) is 16.1. The first-order chi connectivity index (χ1) is 12.0. The van der Waals surface area contributed by atoms with Crippen LogP contribution in [0.3, 0.4) is 0 Å². The Balaban J connectivity index is 1.98. The number of hydrogen-bond acceptors (Lipinski definition) is 6. The number of nitrogens with zero attached hydrogens (tertiary/aromatic N) is 4. The van der Waals surface area contributed by atoms with Crippen LogP contribution in [0.25, 0.3) is 0 Å². The summed E-state index contributed by atoms with van der Waals surface area (Å²) in [5.41, 5.74) is 5.23. The van der Waals surface area contributed by atoms with Crippen LogP contribution >= 0.6 is 12.2 Å². The minimum absolute atomic E-state index is 0.0106. The zero-order valence-electron chi connectivity index (χ0n) is 14.9. The number of piperidine rings is 1. The molecule has 1 aliphatic rings. The molecule has 1 aliphatic heterocycles. The Labute approximate surface area is 152 Å². The minimum Gasteiger partial charge on any atom is -0.466 e. The average Bonchev–Trinajstić information content (AvgIpc) is 2.89. The van der Waals surface area contributed by atoms with Gasteiger partial charge in [0.05, 0.1) is 19.2 Å². The van der Waals surface area contributed by atoms with Gasteiger partial charge in [0.2, 0.25) is 5.91 Å². The molecule has 1 amide bonds. The molecular formula is C16H27N5O3S. The van der Waals surface area contributed by atoms with Crippen LogP contribution in [0.2, 0.25) is 0 Å². The molecule has 0 spiro atoms. The fraction of sp³-hybridized carbons (Fsp3) is 0.750. The van der Waals surface area contributed by atoms with Crippen LogP contribution in [0.5, 0.6) is 0 Å². The Morgan fingerprint density at radius 3 is 2.56 bits per heavy atom. The van der Waals surface area contributed by atoms with E-state index in [0.29, 0.717) is 31.0 Å². The number of aryl methyl sites for hydroxylation is 1. The molecule has 0 aliphatic carbocycles.